The van der Waals surface area contributed by atoms with Crippen molar-refractivity contribution in [3.63, 3.8) is 0 Å². The van der Waals surface area contributed by atoms with Gasteiger partial charge in [0, 0.05) is 6.54 Å². The molecule has 1 aromatic carbocycles. The first kappa shape index (κ1) is 15.4. The molecule has 0 atom stereocenters. The van der Waals surface area contributed by atoms with E-state index in [1.807, 2.05) is 13.8 Å². The fraction of sp³-hybridized carbons (Fsp3) is 0.500. The van der Waals surface area contributed by atoms with Gasteiger partial charge >= 0.3 is 0 Å². The molecule has 1 rings (SSSR count). The zero-order chi connectivity index (χ0) is 13.8. The second kappa shape index (κ2) is 6.50. The SMILES string of the molecule is CCC(CC)CNS(=O)(=O)c1cccc(Cl)c1F. The first-order valence-electron chi connectivity index (χ1n) is 5.86. The molecule has 0 heterocycles. The van der Waals surface area contributed by atoms with Gasteiger partial charge in [0.05, 0.1) is 5.02 Å². The van der Waals surface area contributed by atoms with Crippen molar-refractivity contribution in [1.82, 2.24) is 4.72 Å². The van der Waals surface area contributed by atoms with Gasteiger partial charge in [0.25, 0.3) is 0 Å². The highest BCUT2D eigenvalue weighted by molar-refractivity contribution is 7.89. The molecule has 102 valence electrons. The predicted octanol–water partition coefficient (Wildman–Crippen LogP) is 3.19. The van der Waals surface area contributed by atoms with E-state index in [2.05, 4.69) is 4.72 Å². The first-order valence-corrected chi connectivity index (χ1v) is 7.72. The van der Waals surface area contributed by atoms with Gasteiger partial charge in [0.15, 0.2) is 5.82 Å². The van der Waals surface area contributed by atoms with Gasteiger partial charge in [-0.25, -0.2) is 17.5 Å². The number of hydrogen-bond acceptors (Lipinski definition) is 2. The molecule has 0 amide bonds. The van der Waals surface area contributed by atoms with Crippen molar-refractivity contribution in [2.45, 2.75) is 31.6 Å². The van der Waals surface area contributed by atoms with Gasteiger partial charge < -0.3 is 0 Å². The van der Waals surface area contributed by atoms with Crippen LogP contribution in [0.3, 0.4) is 0 Å². The maximum Gasteiger partial charge on any atom is 0.243 e. The number of halogens is 2. The van der Waals surface area contributed by atoms with E-state index in [-0.39, 0.29) is 10.9 Å². The Kier molecular flexibility index (Phi) is 5.56. The van der Waals surface area contributed by atoms with Gasteiger partial charge in [-0.3, -0.25) is 0 Å². The average Bonchev–Trinajstić information content (AvgIpc) is 2.33. The van der Waals surface area contributed by atoms with Gasteiger partial charge in [0.1, 0.15) is 4.90 Å². The first-order chi connectivity index (χ1) is 8.42. The topological polar surface area (TPSA) is 46.2 Å². The van der Waals surface area contributed by atoms with E-state index in [9.17, 15) is 12.8 Å². The summed E-state index contributed by atoms with van der Waals surface area (Å²) in [5, 5.41) is -0.194. The Morgan fingerprint density at radius 2 is 1.94 bits per heavy atom. The second-order valence-electron chi connectivity index (χ2n) is 4.09. The molecular formula is C12H17ClFNO2S. The summed E-state index contributed by atoms with van der Waals surface area (Å²) in [5.74, 6) is -0.654. The molecular weight excluding hydrogens is 277 g/mol. The van der Waals surface area contributed by atoms with Crippen LogP contribution in [0, 0.1) is 11.7 Å². The van der Waals surface area contributed by atoms with Crippen molar-refractivity contribution in [2.75, 3.05) is 6.54 Å². The highest BCUT2D eigenvalue weighted by Crippen LogP contribution is 2.21. The summed E-state index contributed by atoms with van der Waals surface area (Å²) in [7, 11) is -3.84. The summed E-state index contributed by atoms with van der Waals surface area (Å²) in [6.07, 6.45) is 1.74. The summed E-state index contributed by atoms with van der Waals surface area (Å²) < 4.78 is 39.9. The molecule has 0 spiro atoms. The van der Waals surface area contributed by atoms with E-state index < -0.39 is 20.7 Å². The highest BCUT2D eigenvalue weighted by atomic mass is 35.5. The molecule has 0 bridgehead atoms. The van der Waals surface area contributed by atoms with Crippen molar-refractivity contribution in [3.05, 3.63) is 29.0 Å². The molecule has 1 aromatic rings. The summed E-state index contributed by atoms with van der Waals surface area (Å²) in [6.45, 7) is 4.28. The van der Waals surface area contributed by atoms with E-state index in [0.29, 0.717) is 6.54 Å². The quantitative estimate of drug-likeness (QED) is 0.875. The molecule has 3 nitrogen and oxygen atoms in total. The molecule has 0 aliphatic heterocycles. The zero-order valence-electron chi connectivity index (χ0n) is 10.4. The third-order valence-electron chi connectivity index (χ3n) is 2.92. The largest absolute Gasteiger partial charge is 0.243 e. The number of nitrogens with one attached hydrogen (secondary N) is 1. The summed E-state index contributed by atoms with van der Waals surface area (Å²) >= 11 is 5.57. The number of sulfonamides is 1. The number of benzene rings is 1. The smallest absolute Gasteiger partial charge is 0.211 e. The molecule has 0 aromatic heterocycles. The van der Waals surface area contributed by atoms with Gasteiger partial charge in [-0.05, 0) is 18.1 Å². The number of rotatable bonds is 6. The monoisotopic (exact) mass is 293 g/mol. The molecule has 0 radical (unpaired) electrons. The van der Waals surface area contributed by atoms with Gasteiger partial charge in [-0.2, -0.15) is 0 Å². The third kappa shape index (κ3) is 3.67. The Morgan fingerprint density at radius 3 is 2.50 bits per heavy atom. The summed E-state index contributed by atoms with van der Waals surface area (Å²) in [5.41, 5.74) is 0. The van der Waals surface area contributed by atoms with E-state index in [4.69, 9.17) is 11.6 Å². The van der Waals surface area contributed by atoms with Crippen LogP contribution in [0.15, 0.2) is 23.1 Å². The van der Waals surface area contributed by atoms with Crippen LogP contribution < -0.4 is 4.72 Å². The molecule has 18 heavy (non-hydrogen) atoms. The van der Waals surface area contributed by atoms with Crippen LogP contribution in [-0.2, 0) is 10.0 Å². The lowest BCUT2D eigenvalue weighted by Crippen LogP contribution is -2.29. The summed E-state index contributed by atoms with van der Waals surface area (Å²) in [4.78, 5) is -0.402. The van der Waals surface area contributed by atoms with Gasteiger partial charge in [-0.1, -0.05) is 44.4 Å². The molecule has 0 saturated carbocycles. The standard InChI is InChI=1S/C12H17ClFNO2S/c1-3-9(4-2)8-15-18(16,17)11-7-5-6-10(13)12(11)14/h5-7,9,15H,3-4,8H2,1-2H3. The maximum absolute atomic E-state index is 13.6. The molecule has 0 aliphatic carbocycles. The van der Waals surface area contributed by atoms with Crippen LogP contribution in [0.25, 0.3) is 0 Å². The molecule has 0 saturated heterocycles. The molecule has 6 heteroatoms. The molecule has 0 aliphatic rings. The molecule has 1 N–H and O–H groups in total. The third-order valence-corrected chi connectivity index (χ3v) is 4.66. The van der Waals surface area contributed by atoms with Crippen LogP contribution in [0.4, 0.5) is 4.39 Å². The number of hydrogen-bond donors (Lipinski definition) is 1. The minimum atomic E-state index is -3.84. The van der Waals surface area contributed by atoms with Crippen molar-refractivity contribution in [3.8, 4) is 0 Å². The Balaban J connectivity index is 2.90. The predicted molar refractivity (Wildman–Crippen MR) is 70.7 cm³/mol. The highest BCUT2D eigenvalue weighted by Gasteiger charge is 2.21. The fourth-order valence-corrected chi connectivity index (χ4v) is 3.02. The lowest BCUT2D eigenvalue weighted by Gasteiger charge is -2.14. The van der Waals surface area contributed by atoms with E-state index in [1.54, 1.807) is 0 Å². The van der Waals surface area contributed by atoms with Gasteiger partial charge in [-0.15, -0.1) is 0 Å². The lowest BCUT2D eigenvalue weighted by atomic mass is 10.0. The van der Waals surface area contributed by atoms with Crippen molar-refractivity contribution in [1.29, 1.82) is 0 Å². The molecule has 0 fully saturated rings. The van der Waals surface area contributed by atoms with Gasteiger partial charge in [0.2, 0.25) is 10.0 Å². The van der Waals surface area contributed by atoms with Crippen LogP contribution in [0.2, 0.25) is 5.02 Å². The lowest BCUT2D eigenvalue weighted by molar-refractivity contribution is 0.477. The average molecular weight is 294 g/mol. The zero-order valence-corrected chi connectivity index (χ0v) is 12.0. The fourth-order valence-electron chi connectivity index (χ4n) is 1.57. The minimum Gasteiger partial charge on any atom is -0.211 e. The van der Waals surface area contributed by atoms with Crippen molar-refractivity contribution in [2.24, 2.45) is 5.92 Å². The maximum atomic E-state index is 13.6. The Morgan fingerprint density at radius 1 is 1.33 bits per heavy atom. The van der Waals surface area contributed by atoms with E-state index >= 15 is 0 Å². The van der Waals surface area contributed by atoms with Crippen LogP contribution >= 0.6 is 11.6 Å². The van der Waals surface area contributed by atoms with Crippen LogP contribution in [0.1, 0.15) is 26.7 Å². The van der Waals surface area contributed by atoms with Crippen molar-refractivity contribution >= 4 is 21.6 Å². The van der Waals surface area contributed by atoms with Crippen LogP contribution in [0.5, 0.6) is 0 Å². The normalized spacial score (nSPS) is 12.1. The second-order valence-corrected chi connectivity index (χ2v) is 6.23. The van der Waals surface area contributed by atoms with E-state index in [1.165, 1.54) is 18.2 Å². The minimum absolute atomic E-state index is 0.194. The summed E-state index contributed by atoms with van der Waals surface area (Å²) in [6, 6.07) is 3.93. The molecule has 0 unspecified atom stereocenters. The Hall–Kier alpha value is -0.650. The Labute approximate surface area is 112 Å². The van der Waals surface area contributed by atoms with E-state index in [0.717, 1.165) is 12.8 Å². The Bertz CT molecular complexity index is 501. The van der Waals surface area contributed by atoms with Crippen molar-refractivity contribution < 1.29 is 12.8 Å². The van der Waals surface area contributed by atoms with Crippen LogP contribution in [-0.4, -0.2) is 15.0 Å².